The lowest BCUT2D eigenvalue weighted by atomic mass is 10.2. The summed E-state index contributed by atoms with van der Waals surface area (Å²) in [6.45, 7) is 3.08. The summed E-state index contributed by atoms with van der Waals surface area (Å²) in [5.74, 6) is 0.744. The van der Waals surface area contributed by atoms with Crippen LogP contribution in [-0.2, 0) is 0 Å². The van der Waals surface area contributed by atoms with Gasteiger partial charge in [-0.25, -0.2) is 4.68 Å². The maximum atomic E-state index is 5.39. The molecule has 0 fully saturated rings. The summed E-state index contributed by atoms with van der Waals surface area (Å²) in [5, 5.41) is 4.25. The Morgan fingerprint density at radius 2 is 2.19 bits per heavy atom. The first kappa shape index (κ1) is 10.7. The summed E-state index contributed by atoms with van der Waals surface area (Å²) in [5.41, 5.74) is 7.60. The molecule has 0 atom stereocenters. The smallest absolute Gasteiger partial charge is 0.157 e. The van der Waals surface area contributed by atoms with Crippen LogP contribution in [0, 0.1) is 6.92 Å². The van der Waals surface area contributed by atoms with E-state index in [2.05, 4.69) is 18.1 Å². The number of ether oxygens (including phenoxy) is 1. The molecular weight excluding hydrogens is 202 g/mol. The molecule has 0 aliphatic rings. The van der Waals surface area contributed by atoms with Gasteiger partial charge in [0.15, 0.2) is 5.75 Å². The first-order valence-corrected chi connectivity index (χ1v) is 5.25. The maximum absolute atomic E-state index is 5.39. The molecule has 2 rings (SSSR count). The van der Waals surface area contributed by atoms with Gasteiger partial charge < -0.3 is 10.5 Å². The third kappa shape index (κ3) is 2.23. The van der Waals surface area contributed by atoms with Crippen molar-refractivity contribution in [2.45, 2.75) is 6.92 Å². The molecule has 84 valence electrons. The number of nitrogens with zero attached hydrogens (tertiary/aromatic N) is 2. The Morgan fingerprint density at radius 1 is 1.38 bits per heavy atom. The van der Waals surface area contributed by atoms with Crippen molar-refractivity contribution in [2.24, 2.45) is 5.73 Å². The van der Waals surface area contributed by atoms with Gasteiger partial charge in [0.25, 0.3) is 0 Å². The highest BCUT2D eigenvalue weighted by Crippen LogP contribution is 2.16. The van der Waals surface area contributed by atoms with Crippen molar-refractivity contribution in [3.05, 3.63) is 42.2 Å². The number of rotatable bonds is 4. The van der Waals surface area contributed by atoms with Crippen molar-refractivity contribution >= 4 is 0 Å². The molecule has 0 saturated carbocycles. The predicted molar refractivity (Wildman–Crippen MR) is 62.9 cm³/mol. The molecule has 1 heterocycles. The van der Waals surface area contributed by atoms with Crippen LogP contribution < -0.4 is 10.5 Å². The molecular formula is C12H15N3O. The van der Waals surface area contributed by atoms with E-state index in [0.29, 0.717) is 13.2 Å². The van der Waals surface area contributed by atoms with E-state index in [4.69, 9.17) is 10.5 Å². The summed E-state index contributed by atoms with van der Waals surface area (Å²) in [4.78, 5) is 0. The van der Waals surface area contributed by atoms with E-state index in [9.17, 15) is 0 Å². The molecule has 0 spiro atoms. The fourth-order valence-corrected chi connectivity index (χ4v) is 1.51. The van der Waals surface area contributed by atoms with Gasteiger partial charge in [0, 0.05) is 6.54 Å². The van der Waals surface area contributed by atoms with Crippen LogP contribution >= 0.6 is 0 Å². The molecule has 2 aromatic rings. The zero-order chi connectivity index (χ0) is 11.4. The van der Waals surface area contributed by atoms with Gasteiger partial charge in [0.2, 0.25) is 0 Å². The third-order valence-electron chi connectivity index (χ3n) is 2.31. The summed E-state index contributed by atoms with van der Waals surface area (Å²) >= 11 is 0. The molecule has 0 aliphatic carbocycles. The molecule has 0 aliphatic heterocycles. The molecule has 0 amide bonds. The van der Waals surface area contributed by atoms with E-state index < -0.39 is 0 Å². The molecule has 4 heteroatoms. The SMILES string of the molecule is Cc1ccccc1-n1cc(OCCN)cn1. The van der Waals surface area contributed by atoms with E-state index in [-0.39, 0.29) is 0 Å². The lowest BCUT2D eigenvalue weighted by Crippen LogP contribution is -2.10. The highest BCUT2D eigenvalue weighted by Gasteiger charge is 2.03. The van der Waals surface area contributed by atoms with Crippen LogP contribution in [0.25, 0.3) is 5.69 Å². The highest BCUT2D eigenvalue weighted by molar-refractivity contribution is 5.40. The van der Waals surface area contributed by atoms with E-state index in [1.54, 1.807) is 10.9 Å². The zero-order valence-corrected chi connectivity index (χ0v) is 9.26. The minimum atomic E-state index is 0.509. The Labute approximate surface area is 94.6 Å². The Bertz CT molecular complexity index is 465. The number of hydrogen-bond acceptors (Lipinski definition) is 3. The lowest BCUT2D eigenvalue weighted by molar-refractivity contribution is 0.328. The van der Waals surface area contributed by atoms with Crippen LogP contribution in [0.3, 0.4) is 0 Å². The molecule has 2 N–H and O–H groups in total. The predicted octanol–water partition coefficient (Wildman–Crippen LogP) is 1.52. The van der Waals surface area contributed by atoms with E-state index in [0.717, 1.165) is 11.4 Å². The van der Waals surface area contributed by atoms with Gasteiger partial charge >= 0.3 is 0 Å². The first-order chi connectivity index (χ1) is 7.81. The third-order valence-corrected chi connectivity index (χ3v) is 2.31. The topological polar surface area (TPSA) is 53.1 Å². The number of aromatic nitrogens is 2. The Hall–Kier alpha value is -1.81. The second-order valence-corrected chi connectivity index (χ2v) is 3.54. The van der Waals surface area contributed by atoms with Crippen LogP contribution in [0.1, 0.15) is 5.56 Å². The van der Waals surface area contributed by atoms with E-state index in [1.165, 1.54) is 5.56 Å². The summed E-state index contributed by atoms with van der Waals surface area (Å²) < 4.78 is 7.20. The Balaban J connectivity index is 2.22. The number of nitrogens with two attached hydrogens (primary N) is 1. The fraction of sp³-hybridized carbons (Fsp3) is 0.250. The lowest BCUT2D eigenvalue weighted by Gasteiger charge is -2.04. The van der Waals surface area contributed by atoms with Crippen molar-refractivity contribution in [3.8, 4) is 11.4 Å². The van der Waals surface area contributed by atoms with Crippen LogP contribution in [0.4, 0.5) is 0 Å². The number of hydrogen-bond donors (Lipinski definition) is 1. The normalized spacial score (nSPS) is 10.4. The summed E-state index contributed by atoms with van der Waals surface area (Å²) in [6, 6.07) is 8.07. The second kappa shape index (κ2) is 4.81. The number of benzene rings is 1. The van der Waals surface area contributed by atoms with Gasteiger partial charge in [-0.2, -0.15) is 5.10 Å². The van der Waals surface area contributed by atoms with Crippen molar-refractivity contribution in [1.82, 2.24) is 9.78 Å². The second-order valence-electron chi connectivity index (χ2n) is 3.54. The van der Waals surface area contributed by atoms with Crippen molar-refractivity contribution in [3.63, 3.8) is 0 Å². The fourth-order valence-electron chi connectivity index (χ4n) is 1.51. The molecule has 1 aromatic heterocycles. The quantitative estimate of drug-likeness (QED) is 0.844. The zero-order valence-electron chi connectivity index (χ0n) is 9.26. The molecule has 0 radical (unpaired) electrons. The largest absolute Gasteiger partial charge is 0.489 e. The minimum Gasteiger partial charge on any atom is -0.489 e. The van der Waals surface area contributed by atoms with E-state index >= 15 is 0 Å². The average Bonchev–Trinajstić information content (AvgIpc) is 2.75. The number of aryl methyl sites for hydroxylation is 1. The molecule has 16 heavy (non-hydrogen) atoms. The van der Waals surface area contributed by atoms with Crippen molar-refractivity contribution in [2.75, 3.05) is 13.2 Å². The van der Waals surface area contributed by atoms with Gasteiger partial charge in [-0.1, -0.05) is 18.2 Å². The molecule has 0 unspecified atom stereocenters. The van der Waals surface area contributed by atoms with Gasteiger partial charge in [-0.3, -0.25) is 0 Å². The average molecular weight is 217 g/mol. The van der Waals surface area contributed by atoms with Crippen LogP contribution in [0.5, 0.6) is 5.75 Å². The molecule has 0 bridgehead atoms. The van der Waals surface area contributed by atoms with E-state index in [1.807, 2.05) is 24.4 Å². The van der Waals surface area contributed by atoms with Crippen LogP contribution in [0.2, 0.25) is 0 Å². The molecule has 0 saturated heterocycles. The number of para-hydroxylation sites is 1. The molecule has 4 nitrogen and oxygen atoms in total. The van der Waals surface area contributed by atoms with Gasteiger partial charge in [0.05, 0.1) is 18.1 Å². The van der Waals surface area contributed by atoms with Crippen molar-refractivity contribution in [1.29, 1.82) is 0 Å². The van der Waals surface area contributed by atoms with Gasteiger partial charge in [-0.15, -0.1) is 0 Å². The Morgan fingerprint density at radius 3 is 2.94 bits per heavy atom. The minimum absolute atomic E-state index is 0.509. The van der Waals surface area contributed by atoms with Gasteiger partial charge in [-0.05, 0) is 18.6 Å². The first-order valence-electron chi connectivity index (χ1n) is 5.25. The van der Waals surface area contributed by atoms with Gasteiger partial charge in [0.1, 0.15) is 6.61 Å². The van der Waals surface area contributed by atoms with Crippen molar-refractivity contribution < 1.29 is 4.74 Å². The highest BCUT2D eigenvalue weighted by atomic mass is 16.5. The summed E-state index contributed by atoms with van der Waals surface area (Å²) in [7, 11) is 0. The molecule has 1 aromatic carbocycles. The monoisotopic (exact) mass is 217 g/mol. The summed E-state index contributed by atoms with van der Waals surface area (Å²) in [6.07, 6.45) is 3.56. The standard InChI is InChI=1S/C12H15N3O/c1-10-4-2-3-5-12(10)15-9-11(8-14-15)16-7-6-13/h2-5,8-9H,6-7,13H2,1H3. The Kier molecular flexibility index (Phi) is 3.22. The maximum Gasteiger partial charge on any atom is 0.157 e. The van der Waals surface area contributed by atoms with Crippen LogP contribution in [0.15, 0.2) is 36.7 Å². The van der Waals surface area contributed by atoms with Crippen LogP contribution in [-0.4, -0.2) is 22.9 Å².